The fourth-order valence-electron chi connectivity index (χ4n) is 3.39. The van der Waals surface area contributed by atoms with Gasteiger partial charge in [0.05, 0.1) is 24.6 Å². The van der Waals surface area contributed by atoms with E-state index < -0.39 is 11.8 Å². The van der Waals surface area contributed by atoms with Gasteiger partial charge >= 0.3 is 11.8 Å². The van der Waals surface area contributed by atoms with Gasteiger partial charge in [0.1, 0.15) is 0 Å². The summed E-state index contributed by atoms with van der Waals surface area (Å²) < 4.78 is 5.38. The van der Waals surface area contributed by atoms with Crippen molar-refractivity contribution in [2.75, 3.05) is 43.1 Å². The Kier molecular flexibility index (Phi) is 6.66. The zero-order valence-corrected chi connectivity index (χ0v) is 15.1. The van der Waals surface area contributed by atoms with Gasteiger partial charge in [-0.2, -0.15) is 0 Å². The average molecular weight is 357 g/mol. The van der Waals surface area contributed by atoms with Crippen molar-refractivity contribution in [3.05, 3.63) is 35.9 Å². The summed E-state index contributed by atoms with van der Waals surface area (Å²) in [6.45, 7) is 3.38. The van der Waals surface area contributed by atoms with E-state index in [9.17, 15) is 9.59 Å². The fourth-order valence-corrected chi connectivity index (χ4v) is 3.39. The highest BCUT2D eigenvalue weighted by molar-refractivity contribution is 6.39. The van der Waals surface area contributed by atoms with Gasteiger partial charge in [0.2, 0.25) is 0 Å². The number of morpholine rings is 1. The van der Waals surface area contributed by atoms with Crippen molar-refractivity contribution in [1.29, 1.82) is 0 Å². The van der Waals surface area contributed by atoms with Crippen LogP contribution in [0.15, 0.2) is 35.9 Å². The van der Waals surface area contributed by atoms with Crippen LogP contribution in [0.1, 0.15) is 32.1 Å². The molecule has 0 bridgehead atoms. The molecule has 0 spiro atoms. The zero-order valence-electron chi connectivity index (χ0n) is 15.1. The highest BCUT2D eigenvalue weighted by Gasteiger charge is 2.18. The Labute approximate surface area is 154 Å². The molecule has 0 unspecified atom stereocenters. The van der Waals surface area contributed by atoms with Crippen LogP contribution in [0.4, 0.5) is 11.4 Å². The Morgan fingerprint density at radius 2 is 1.88 bits per heavy atom. The second-order valence-electron chi connectivity index (χ2n) is 6.68. The van der Waals surface area contributed by atoms with E-state index in [-0.39, 0.29) is 0 Å². The van der Waals surface area contributed by atoms with Gasteiger partial charge in [-0.25, -0.2) is 0 Å². The smallest absolute Gasteiger partial charge is 0.313 e. The van der Waals surface area contributed by atoms with Gasteiger partial charge in [0.15, 0.2) is 0 Å². The lowest BCUT2D eigenvalue weighted by Crippen LogP contribution is -2.38. The van der Waals surface area contributed by atoms with Crippen molar-refractivity contribution in [2.24, 2.45) is 0 Å². The van der Waals surface area contributed by atoms with Crippen molar-refractivity contribution in [1.82, 2.24) is 5.32 Å². The lowest BCUT2D eigenvalue weighted by atomic mass is 9.97. The van der Waals surface area contributed by atoms with Crippen LogP contribution in [0, 0.1) is 0 Å². The normalized spacial score (nSPS) is 17.4. The van der Waals surface area contributed by atoms with Crippen LogP contribution in [0.5, 0.6) is 0 Å². The van der Waals surface area contributed by atoms with Crippen LogP contribution in [0.2, 0.25) is 0 Å². The quantitative estimate of drug-likeness (QED) is 0.627. The van der Waals surface area contributed by atoms with Crippen molar-refractivity contribution in [3.8, 4) is 0 Å². The molecule has 6 nitrogen and oxygen atoms in total. The molecule has 1 fully saturated rings. The van der Waals surface area contributed by atoms with E-state index in [0.717, 1.165) is 38.0 Å². The number of nitrogens with zero attached hydrogens (tertiary/aromatic N) is 1. The van der Waals surface area contributed by atoms with Gasteiger partial charge < -0.3 is 20.3 Å². The minimum absolute atomic E-state index is 0.503. The van der Waals surface area contributed by atoms with E-state index in [4.69, 9.17) is 4.74 Å². The van der Waals surface area contributed by atoms with Gasteiger partial charge in [-0.05, 0) is 44.2 Å². The van der Waals surface area contributed by atoms with Gasteiger partial charge in [0, 0.05) is 19.6 Å². The highest BCUT2D eigenvalue weighted by atomic mass is 16.5. The Hall–Kier alpha value is -2.34. The number of rotatable bonds is 5. The zero-order chi connectivity index (χ0) is 18.2. The first kappa shape index (κ1) is 18.5. The molecule has 0 atom stereocenters. The third-order valence-corrected chi connectivity index (χ3v) is 4.83. The first-order valence-electron chi connectivity index (χ1n) is 9.43. The summed E-state index contributed by atoms with van der Waals surface area (Å²) in [6, 6.07) is 7.56. The van der Waals surface area contributed by atoms with Crippen LogP contribution in [-0.2, 0) is 14.3 Å². The molecule has 1 saturated heterocycles. The Balaban J connectivity index is 1.52. The third-order valence-electron chi connectivity index (χ3n) is 4.83. The first-order valence-corrected chi connectivity index (χ1v) is 9.43. The number of nitrogens with one attached hydrogen (secondary N) is 2. The van der Waals surface area contributed by atoms with E-state index in [1.165, 1.54) is 18.4 Å². The number of allylic oxidation sites excluding steroid dienone is 1. The Bertz CT molecular complexity index is 666. The number of hydrogen-bond acceptors (Lipinski definition) is 4. The Morgan fingerprint density at radius 1 is 1.08 bits per heavy atom. The summed E-state index contributed by atoms with van der Waals surface area (Å²) in [5.74, 6) is -1.21. The molecule has 6 heteroatoms. The van der Waals surface area contributed by atoms with Gasteiger partial charge in [-0.1, -0.05) is 23.8 Å². The number of ether oxygens (including phenoxy) is 1. The maximum absolute atomic E-state index is 12.2. The largest absolute Gasteiger partial charge is 0.378 e. The summed E-state index contributed by atoms with van der Waals surface area (Å²) in [4.78, 5) is 26.5. The van der Waals surface area contributed by atoms with Crippen molar-refractivity contribution in [2.45, 2.75) is 32.1 Å². The lowest BCUT2D eigenvalue weighted by Gasteiger charge is -2.30. The summed E-state index contributed by atoms with van der Waals surface area (Å²) in [5.41, 5.74) is 2.96. The van der Waals surface area contributed by atoms with Crippen LogP contribution in [-0.4, -0.2) is 44.7 Å². The summed E-state index contributed by atoms with van der Waals surface area (Å²) in [6.07, 6.45) is 7.79. The molecule has 2 aliphatic rings. The van der Waals surface area contributed by atoms with E-state index in [0.29, 0.717) is 25.4 Å². The molecule has 1 heterocycles. The minimum Gasteiger partial charge on any atom is -0.378 e. The summed E-state index contributed by atoms with van der Waals surface area (Å²) in [7, 11) is 0. The lowest BCUT2D eigenvalue weighted by molar-refractivity contribution is -0.136. The molecule has 0 aromatic heterocycles. The van der Waals surface area contributed by atoms with Gasteiger partial charge in [-0.3, -0.25) is 9.59 Å². The number of carbonyl (C=O) groups excluding carboxylic acids is 2. The molecule has 26 heavy (non-hydrogen) atoms. The summed E-state index contributed by atoms with van der Waals surface area (Å²) in [5, 5.41) is 5.47. The molecule has 1 aromatic carbocycles. The predicted octanol–water partition coefficient (Wildman–Crippen LogP) is 2.47. The van der Waals surface area contributed by atoms with Crippen LogP contribution >= 0.6 is 0 Å². The molecule has 140 valence electrons. The second-order valence-corrected chi connectivity index (χ2v) is 6.68. The fraction of sp³-hybridized carbons (Fsp3) is 0.500. The molecule has 2 N–H and O–H groups in total. The SMILES string of the molecule is O=C(NCCC1=CCCCC1)C(=O)Nc1ccccc1N1CCOCC1. The van der Waals surface area contributed by atoms with Crippen LogP contribution < -0.4 is 15.5 Å². The maximum Gasteiger partial charge on any atom is 0.313 e. The molecular formula is C20H27N3O3. The van der Waals surface area contributed by atoms with E-state index in [2.05, 4.69) is 21.6 Å². The average Bonchev–Trinajstić information content (AvgIpc) is 2.70. The molecule has 0 radical (unpaired) electrons. The number of benzene rings is 1. The minimum atomic E-state index is -0.622. The summed E-state index contributed by atoms with van der Waals surface area (Å²) >= 11 is 0. The number of hydrogen-bond donors (Lipinski definition) is 2. The Morgan fingerprint density at radius 3 is 2.65 bits per heavy atom. The molecule has 1 aliphatic heterocycles. The third kappa shape index (κ3) is 5.08. The van der Waals surface area contributed by atoms with Crippen molar-refractivity contribution in [3.63, 3.8) is 0 Å². The number of carbonyl (C=O) groups is 2. The van der Waals surface area contributed by atoms with Crippen molar-refractivity contribution >= 4 is 23.2 Å². The number of anilines is 2. The number of amides is 2. The van der Waals surface area contributed by atoms with Crippen molar-refractivity contribution < 1.29 is 14.3 Å². The van der Waals surface area contributed by atoms with E-state index in [1.807, 2.05) is 24.3 Å². The molecule has 1 aliphatic carbocycles. The van der Waals surface area contributed by atoms with Gasteiger partial charge in [-0.15, -0.1) is 0 Å². The number of para-hydroxylation sites is 2. The van der Waals surface area contributed by atoms with E-state index in [1.54, 1.807) is 0 Å². The standard InChI is InChI=1S/C20H27N3O3/c24-19(21-11-10-16-6-2-1-3-7-16)20(25)22-17-8-4-5-9-18(17)23-12-14-26-15-13-23/h4-6,8-9H,1-3,7,10-15H2,(H,21,24)(H,22,25). The predicted molar refractivity (Wildman–Crippen MR) is 102 cm³/mol. The van der Waals surface area contributed by atoms with Crippen LogP contribution in [0.3, 0.4) is 0 Å². The molecule has 1 aromatic rings. The molecule has 3 rings (SSSR count). The molecule has 0 saturated carbocycles. The maximum atomic E-state index is 12.2. The van der Waals surface area contributed by atoms with E-state index >= 15 is 0 Å². The topological polar surface area (TPSA) is 70.7 Å². The highest BCUT2D eigenvalue weighted by Crippen LogP contribution is 2.26. The molecular weight excluding hydrogens is 330 g/mol. The second kappa shape index (κ2) is 9.38. The van der Waals surface area contributed by atoms with Gasteiger partial charge in [0.25, 0.3) is 0 Å². The molecule has 2 amide bonds. The monoisotopic (exact) mass is 357 g/mol. The first-order chi connectivity index (χ1) is 12.7. The van der Waals surface area contributed by atoms with Crippen LogP contribution in [0.25, 0.3) is 0 Å².